The average molecular weight is 627 g/mol. The number of anilines is 1. The van der Waals surface area contributed by atoms with Gasteiger partial charge >= 0.3 is 12.3 Å². The molecule has 0 radical (unpaired) electrons. The molecule has 44 heavy (non-hydrogen) atoms. The van der Waals surface area contributed by atoms with E-state index in [1.807, 2.05) is 11.4 Å². The molecule has 2 heterocycles. The van der Waals surface area contributed by atoms with Crippen LogP contribution in [0, 0.1) is 5.92 Å². The number of benzene rings is 2. The first kappa shape index (κ1) is 31.2. The predicted octanol–water partition coefficient (Wildman–Crippen LogP) is 6.71. The van der Waals surface area contributed by atoms with Gasteiger partial charge in [0.25, 0.3) is 5.91 Å². The summed E-state index contributed by atoms with van der Waals surface area (Å²) in [7, 11) is 0. The molecule has 2 aromatic carbocycles. The van der Waals surface area contributed by atoms with E-state index in [0.29, 0.717) is 17.2 Å². The van der Waals surface area contributed by atoms with Crippen LogP contribution in [-0.2, 0) is 17.5 Å². The summed E-state index contributed by atoms with van der Waals surface area (Å²) in [6, 6.07) is 14.1. The number of carbonyl (C=O) groups excluding carboxylic acids is 2. The maximum absolute atomic E-state index is 13.7. The molecule has 3 N–H and O–H groups in total. The van der Waals surface area contributed by atoms with Gasteiger partial charge in [0.15, 0.2) is 5.69 Å². The third kappa shape index (κ3) is 8.23. The molecular weight excluding hydrogens is 593 g/mol. The van der Waals surface area contributed by atoms with Gasteiger partial charge in [0.1, 0.15) is 16.3 Å². The number of hydrogen-bond donors (Lipinski definition) is 3. The van der Waals surface area contributed by atoms with E-state index in [1.165, 1.54) is 30.2 Å². The standard InChI is InChI=1S/C31H33F3N6O3S/c1-30(2,3)43-29(42)37-18-20-6-4-9-23(14-20)40-24(16-25(39-40)31(32,33)34)27(41)38-22-8-5-7-21(15-22)26(28-35-12-13-44-28)36-17-19-10-11-19/h4-9,12-16,19,26,36H,10-11,17-18H2,1-3H3,(H,37,42)(H,38,41). The molecule has 232 valence electrons. The van der Waals surface area contributed by atoms with E-state index in [0.717, 1.165) is 27.9 Å². The third-order valence-electron chi connectivity index (χ3n) is 6.71. The minimum absolute atomic E-state index is 0.0551. The Morgan fingerprint density at radius 1 is 1.09 bits per heavy atom. The summed E-state index contributed by atoms with van der Waals surface area (Å²) in [5.41, 5.74) is -0.123. The van der Waals surface area contributed by atoms with Crippen molar-refractivity contribution in [3.8, 4) is 5.69 Å². The monoisotopic (exact) mass is 626 g/mol. The normalized spacial score (nSPS) is 14.2. The number of halogens is 3. The lowest BCUT2D eigenvalue weighted by Gasteiger charge is -2.19. The predicted molar refractivity (Wildman–Crippen MR) is 161 cm³/mol. The second-order valence-electron chi connectivity index (χ2n) is 11.6. The van der Waals surface area contributed by atoms with E-state index >= 15 is 0 Å². The van der Waals surface area contributed by atoms with Crippen LogP contribution in [0.3, 0.4) is 0 Å². The fourth-order valence-corrected chi connectivity index (χ4v) is 5.23. The lowest BCUT2D eigenvalue weighted by atomic mass is 10.1. The van der Waals surface area contributed by atoms with Crippen molar-refractivity contribution in [1.82, 2.24) is 25.4 Å². The molecule has 5 rings (SSSR count). The first-order valence-electron chi connectivity index (χ1n) is 14.1. The molecule has 1 fully saturated rings. The van der Waals surface area contributed by atoms with Crippen molar-refractivity contribution < 1.29 is 27.5 Å². The Kier molecular flexibility index (Phi) is 9.07. The van der Waals surface area contributed by atoms with Crippen LogP contribution in [0.4, 0.5) is 23.7 Å². The van der Waals surface area contributed by atoms with Crippen LogP contribution in [-0.4, -0.2) is 38.9 Å². The molecule has 1 unspecified atom stereocenters. The SMILES string of the molecule is CC(C)(C)OC(=O)NCc1cccc(-n2nc(C(F)(F)F)cc2C(=O)Nc2cccc(C(NCC3CC3)c3nccs3)c2)c1. The molecule has 2 aromatic heterocycles. The molecule has 0 aliphatic heterocycles. The highest BCUT2D eigenvalue weighted by Crippen LogP contribution is 2.32. The zero-order chi connectivity index (χ0) is 31.5. The Morgan fingerprint density at radius 3 is 2.55 bits per heavy atom. The third-order valence-corrected chi connectivity index (χ3v) is 7.55. The van der Waals surface area contributed by atoms with Crippen molar-refractivity contribution in [2.75, 3.05) is 11.9 Å². The highest BCUT2D eigenvalue weighted by Gasteiger charge is 2.36. The van der Waals surface area contributed by atoms with Crippen LogP contribution in [0.2, 0.25) is 0 Å². The van der Waals surface area contributed by atoms with Crippen LogP contribution in [0.15, 0.2) is 66.2 Å². The molecule has 0 saturated heterocycles. The molecule has 0 bridgehead atoms. The summed E-state index contributed by atoms with van der Waals surface area (Å²) in [4.78, 5) is 30.0. The fraction of sp³-hybridized carbons (Fsp3) is 0.355. The quantitative estimate of drug-likeness (QED) is 0.180. The summed E-state index contributed by atoms with van der Waals surface area (Å²) >= 11 is 1.52. The molecule has 1 aliphatic rings. The van der Waals surface area contributed by atoms with Crippen molar-refractivity contribution in [1.29, 1.82) is 0 Å². The van der Waals surface area contributed by atoms with Crippen molar-refractivity contribution >= 4 is 29.0 Å². The molecule has 2 amide bonds. The summed E-state index contributed by atoms with van der Waals surface area (Å²) < 4.78 is 47.4. The number of ether oxygens (including phenoxy) is 1. The van der Waals surface area contributed by atoms with Crippen LogP contribution in [0.1, 0.15) is 72.0 Å². The fourth-order valence-electron chi connectivity index (χ4n) is 4.49. The lowest BCUT2D eigenvalue weighted by Crippen LogP contribution is -2.32. The number of thiazole rings is 1. The van der Waals surface area contributed by atoms with Crippen molar-refractivity contribution in [2.45, 2.75) is 58.0 Å². The number of carbonyl (C=O) groups is 2. The van der Waals surface area contributed by atoms with E-state index < -0.39 is 29.5 Å². The summed E-state index contributed by atoms with van der Waals surface area (Å²) in [5.74, 6) is -0.130. The van der Waals surface area contributed by atoms with Gasteiger partial charge in [-0.1, -0.05) is 24.3 Å². The number of amides is 2. The van der Waals surface area contributed by atoms with Gasteiger partial charge in [-0.2, -0.15) is 18.3 Å². The maximum Gasteiger partial charge on any atom is 0.435 e. The zero-order valence-corrected chi connectivity index (χ0v) is 25.3. The molecule has 0 spiro atoms. The van der Waals surface area contributed by atoms with Gasteiger partial charge in [0.2, 0.25) is 0 Å². The number of alkyl carbamates (subject to hydrolysis) is 1. The maximum atomic E-state index is 13.7. The van der Waals surface area contributed by atoms with E-state index in [9.17, 15) is 22.8 Å². The summed E-state index contributed by atoms with van der Waals surface area (Å²) in [5, 5.41) is 15.4. The van der Waals surface area contributed by atoms with Gasteiger partial charge in [-0.15, -0.1) is 11.3 Å². The van der Waals surface area contributed by atoms with Gasteiger partial charge in [-0.3, -0.25) is 4.79 Å². The zero-order valence-electron chi connectivity index (χ0n) is 24.4. The second kappa shape index (κ2) is 12.8. The first-order chi connectivity index (χ1) is 20.9. The molecule has 1 atom stereocenters. The number of nitrogens with zero attached hydrogens (tertiary/aromatic N) is 3. The lowest BCUT2D eigenvalue weighted by molar-refractivity contribution is -0.141. The van der Waals surface area contributed by atoms with E-state index in [2.05, 4.69) is 26.0 Å². The van der Waals surface area contributed by atoms with Gasteiger partial charge < -0.3 is 20.7 Å². The largest absolute Gasteiger partial charge is 0.444 e. The van der Waals surface area contributed by atoms with Gasteiger partial charge in [-0.25, -0.2) is 14.5 Å². The second-order valence-corrected chi connectivity index (χ2v) is 12.5. The van der Waals surface area contributed by atoms with E-state index in [4.69, 9.17) is 4.74 Å². The topological polar surface area (TPSA) is 110 Å². The van der Waals surface area contributed by atoms with Crippen LogP contribution in [0.5, 0.6) is 0 Å². The molecule has 13 heteroatoms. The highest BCUT2D eigenvalue weighted by atomic mass is 32.1. The Bertz CT molecular complexity index is 1610. The number of aromatic nitrogens is 3. The van der Waals surface area contributed by atoms with Gasteiger partial charge in [-0.05, 0) is 81.5 Å². The summed E-state index contributed by atoms with van der Waals surface area (Å²) in [6.07, 6.45) is -1.30. The number of nitrogens with one attached hydrogen (secondary N) is 3. The van der Waals surface area contributed by atoms with Gasteiger partial charge in [0.05, 0.1) is 11.7 Å². The minimum atomic E-state index is -4.77. The van der Waals surface area contributed by atoms with Crippen molar-refractivity contribution in [3.05, 3.63) is 93.7 Å². The number of rotatable bonds is 10. The number of alkyl halides is 3. The average Bonchev–Trinajstić information content (AvgIpc) is 3.40. The Morgan fingerprint density at radius 2 is 1.86 bits per heavy atom. The Balaban J connectivity index is 1.38. The molecule has 9 nitrogen and oxygen atoms in total. The smallest absolute Gasteiger partial charge is 0.435 e. The number of hydrogen-bond acceptors (Lipinski definition) is 7. The Labute approximate surface area is 256 Å². The Hall–Kier alpha value is -4.23. The van der Waals surface area contributed by atoms with Crippen molar-refractivity contribution in [3.63, 3.8) is 0 Å². The summed E-state index contributed by atoms with van der Waals surface area (Å²) in [6.45, 7) is 6.10. The molecule has 1 saturated carbocycles. The van der Waals surface area contributed by atoms with Gasteiger partial charge in [0, 0.05) is 29.9 Å². The van der Waals surface area contributed by atoms with E-state index in [-0.39, 0.29) is 24.0 Å². The molecule has 1 aliphatic carbocycles. The van der Waals surface area contributed by atoms with Crippen molar-refractivity contribution in [2.24, 2.45) is 5.92 Å². The molecular formula is C31H33F3N6O3S. The first-order valence-corrected chi connectivity index (χ1v) is 15.0. The van der Waals surface area contributed by atoms with Crippen LogP contribution >= 0.6 is 11.3 Å². The van der Waals surface area contributed by atoms with Crippen LogP contribution < -0.4 is 16.0 Å². The molecule has 4 aromatic rings. The minimum Gasteiger partial charge on any atom is -0.444 e. The highest BCUT2D eigenvalue weighted by molar-refractivity contribution is 7.09. The van der Waals surface area contributed by atoms with E-state index in [1.54, 1.807) is 63.4 Å². The van der Waals surface area contributed by atoms with Crippen LogP contribution in [0.25, 0.3) is 5.69 Å².